The Hall–Kier alpha value is -1.02. The first-order chi connectivity index (χ1) is 10.1. The Kier molecular flexibility index (Phi) is 6.10. The van der Waals surface area contributed by atoms with Crippen molar-refractivity contribution in [2.24, 2.45) is 5.92 Å². The summed E-state index contributed by atoms with van der Waals surface area (Å²) in [6, 6.07) is 7.22. The van der Waals surface area contributed by atoms with Crippen LogP contribution in [0.4, 0.5) is 0 Å². The van der Waals surface area contributed by atoms with Crippen LogP contribution >= 0.6 is 0 Å². The minimum Gasteiger partial charge on any atom is -0.492 e. The Morgan fingerprint density at radius 3 is 2.71 bits per heavy atom. The van der Waals surface area contributed by atoms with E-state index in [2.05, 4.69) is 51.2 Å². The Balaban J connectivity index is 1.81. The van der Waals surface area contributed by atoms with Crippen molar-refractivity contribution in [1.29, 1.82) is 0 Å². The second-order valence-electron chi connectivity index (χ2n) is 6.87. The molecule has 2 unspecified atom stereocenters. The molecule has 1 aromatic carbocycles. The van der Waals surface area contributed by atoms with Crippen molar-refractivity contribution in [3.8, 4) is 5.75 Å². The van der Waals surface area contributed by atoms with Crippen LogP contribution < -0.4 is 10.1 Å². The molecule has 1 aliphatic carbocycles. The molecule has 118 valence electrons. The maximum atomic E-state index is 6.04. The predicted molar refractivity (Wildman–Crippen MR) is 90.2 cm³/mol. The van der Waals surface area contributed by atoms with E-state index in [0.717, 1.165) is 24.8 Å². The fourth-order valence-electron chi connectivity index (χ4n) is 3.27. The summed E-state index contributed by atoms with van der Waals surface area (Å²) < 4.78 is 6.04. The minimum atomic E-state index is 0.506. The van der Waals surface area contributed by atoms with Gasteiger partial charge in [-0.25, -0.2) is 0 Å². The zero-order valence-electron chi connectivity index (χ0n) is 14.1. The molecule has 21 heavy (non-hydrogen) atoms. The number of nitrogens with one attached hydrogen (secondary N) is 1. The van der Waals surface area contributed by atoms with Crippen LogP contribution in [0.25, 0.3) is 0 Å². The normalized spacial score (nSPS) is 22.5. The molecule has 0 spiro atoms. The standard InChI is InChI=1S/C19H31NO/c1-14(2)17-10-9-15(3)13-19(17)21-12-11-20-18-8-6-5-7-16(18)4/h9-10,13-14,16,18,20H,5-8,11-12H2,1-4H3. The largest absolute Gasteiger partial charge is 0.492 e. The maximum Gasteiger partial charge on any atom is 0.123 e. The van der Waals surface area contributed by atoms with Crippen molar-refractivity contribution in [3.05, 3.63) is 29.3 Å². The van der Waals surface area contributed by atoms with E-state index >= 15 is 0 Å². The monoisotopic (exact) mass is 289 g/mol. The molecular weight excluding hydrogens is 258 g/mol. The third kappa shape index (κ3) is 4.74. The Labute approximate surface area is 130 Å². The molecule has 0 aromatic heterocycles. The average Bonchev–Trinajstić information content (AvgIpc) is 2.45. The molecule has 2 atom stereocenters. The third-order valence-corrected chi connectivity index (χ3v) is 4.67. The second-order valence-corrected chi connectivity index (χ2v) is 6.87. The van der Waals surface area contributed by atoms with Crippen molar-refractivity contribution in [2.75, 3.05) is 13.2 Å². The van der Waals surface area contributed by atoms with E-state index in [9.17, 15) is 0 Å². The van der Waals surface area contributed by atoms with Crippen molar-refractivity contribution in [2.45, 2.75) is 65.3 Å². The summed E-state index contributed by atoms with van der Waals surface area (Å²) in [7, 11) is 0. The van der Waals surface area contributed by atoms with Crippen molar-refractivity contribution in [3.63, 3.8) is 0 Å². The highest BCUT2D eigenvalue weighted by Gasteiger charge is 2.20. The first-order valence-corrected chi connectivity index (χ1v) is 8.54. The highest BCUT2D eigenvalue weighted by Crippen LogP contribution is 2.27. The fourth-order valence-corrected chi connectivity index (χ4v) is 3.27. The highest BCUT2D eigenvalue weighted by molar-refractivity contribution is 5.39. The molecule has 2 heteroatoms. The molecule has 1 aromatic rings. The van der Waals surface area contributed by atoms with Gasteiger partial charge in [-0.1, -0.05) is 45.7 Å². The van der Waals surface area contributed by atoms with Gasteiger partial charge < -0.3 is 10.1 Å². The summed E-state index contributed by atoms with van der Waals surface area (Å²) in [4.78, 5) is 0. The van der Waals surface area contributed by atoms with Gasteiger partial charge in [0.2, 0.25) is 0 Å². The van der Waals surface area contributed by atoms with Gasteiger partial charge in [0, 0.05) is 12.6 Å². The van der Waals surface area contributed by atoms with E-state index in [-0.39, 0.29) is 0 Å². The molecule has 1 fully saturated rings. The number of ether oxygens (including phenoxy) is 1. The second kappa shape index (κ2) is 7.84. The van der Waals surface area contributed by atoms with Crippen LogP contribution in [0.15, 0.2) is 18.2 Å². The zero-order chi connectivity index (χ0) is 15.2. The van der Waals surface area contributed by atoms with Crippen molar-refractivity contribution in [1.82, 2.24) is 5.32 Å². The Morgan fingerprint density at radius 1 is 1.24 bits per heavy atom. The lowest BCUT2D eigenvalue weighted by Gasteiger charge is -2.29. The van der Waals surface area contributed by atoms with Crippen molar-refractivity contribution < 1.29 is 4.74 Å². The van der Waals surface area contributed by atoms with E-state index in [1.165, 1.54) is 36.8 Å². The van der Waals surface area contributed by atoms with Gasteiger partial charge in [-0.15, -0.1) is 0 Å². The van der Waals surface area contributed by atoms with Crippen LogP contribution in [0.2, 0.25) is 0 Å². The third-order valence-electron chi connectivity index (χ3n) is 4.67. The average molecular weight is 289 g/mol. The van der Waals surface area contributed by atoms with Gasteiger partial charge in [0.15, 0.2) is 0 Å². The number of rotatable bonds is 6. The summed E-state index contributed by atoms with van der Waals surface area (Å²) in [5.41, 5.74) is 2.58. The van der Waals surface area contributed by atoms with E-state index < -0.39 is 0 Å². The lowest BCUT2D eigenvalue weighted by atomic mass is 9.86. The van der Waals surface area contributed by atoms with Crippen LogP contribution in [0.5, 0.6) is 5.75 Å². The molecule has 0 bridgehead atoms. The predicted octanol–water partition coefficient (Wildman–Crippen LogP) is 4.67. The molecule has 0 aliphatic heterocycles. The number of hydrogen-bond donors (Lipinski definition) is 1. The summed E-state index contributed by atoms with van der Waals surface area (Å²) >= 11 is 0. The number of benzene rings is 1. The summed E-state index contributed by atoms with van der Waals surface area (Å²) in [5.74, 6) is 2.37. The lowest BCUT2D eigenvalue weighted by molar-refractivity contribution is 0.250. The zero-order valence-corrected chi connectivity index (χ0v) is 14.1. The fraction of sp³-hybridized carbons (Fsp3) is 0.684. The van der Waals surface area contributed by atoms with Gasteiger partial charge in [0.1, 0.15) is 12.4 Å². The highest BCUT2D eigenvalue weighted by atomic mass is 16.5. The van der Waals surface area contributed by atoms with Crippen LogP contribution in [0.1, 0.15) is 63.5 Å². The lowest BCUT2D eigenvalue weighted by Crippen LogP contribution is -2.39. The van der Waals surface area contributed by atoms with Crippen LogP contribution in [-0.2, 0) is 0 Å². The summed E-state index contributed by atoms with van der Waals surface area (Å²) in [6.07, 6.45) is 5.46. The van der Waals surface area contributed by atoms with Gasteiger partial charge in [0.25, 0.3) is 0 Å². The molecule has 0 heterocycles. The topological polar surface area (TPSA) is 21.3 Å². The van der Waals surface area contributed by atoms with Gasteiger partial charge >= 0.3 is 0 Å². The molecule has 1 saturated carbocycles. The smallest absolute Gasteiger partial charge is 0.123 e. The van der Waals surface area contributed by atoms with E-state index in [4.69, 9.17) is 4.74 Å². The minimum absolute atomic E-state index is 0.506. The van der Waals surface area contributed by atoms with Gasteiger partial charge in [-0.3, -0.25) is 0 Å². The molecule has 0 saturated heterocycles. The Morgan fingerprint density at radius 2 is 2.00 bits per heavy atom. The van der Waals surface area contributed by atoms with Crippen molar-refractivity contribution >= 4 is 0 Å². The SMILES string of the molecule is Cc1ccc(C(C)C)c(OCCNC2CCCCC2C)c1. The molecule has 2 nitrogen and oxygen atoms in total. The first kappa shape index (κ1) is 16.4. The quantitative estimate of drug-likeness (QED) is 0.769. The summed E-state index contributed by atoms with van der Waals surface area (Å²) in [5, 5.41) is 3.68. The Bertz CT molecular complexity index is 441. The van der Waals surface area contributed by atoms with E-state index in [0.29, 0.717) is 12.0 Å². The molecular formula is C19H31NO. The molecule has 0 amide bonds. The molecule has 0 radical (unpaired) electrons. The number of hydrogen-bond acceptors (Lipinski definition) is 2. The van der Waals surface area contributed by atoms with Crippen LogP contribution in [-0.4, -0.2) is 19.2 Å². The molecule has 2 rings (SSSR count). The molecule has 1 aliphatic rings. The van der Waals surface area contributed by atoms with Crippen LogP contribution in [0, 0.1) is 12.8 Å². The number of aryl methyl sites for hydroxylation is 1. The first-order valence-electron chi connectivity index (χ1n) is 8.54. The maximum absolute atomic E-state index is 6.04. The van der Waals surface area contributed by atoms with Gasteiger partial charge in [0.05, 0.1) is 0 Å². The van der Waals surface area contributed by atoms with Crippen LogP contribution in [0.3, 0.4) is 0 Å². The van der Waals surface area contributed by atoms with Gasteiger partial charge in [-0.2, -0.15) is 0 Å². The van der Waals surface area contributed by atoms with Gasteiger partial charge in [-0.05, 0) is 48.8 Å². The molecule has 1 N–H and O–H groups in total. The van der Waals surface area contributed by atoms with E-state index in [1.807, 2.05) is 0 Å². The summed E-state index contributed by atoms with van der Waals surface area (Å²) in [6.45, 7) is 10.6. The van der Waals surface area contributed by atoms with E-state index in [1.54, 1.807) is 0 Å².